The molecule has 1 nitrogen and oxygen atoms in total. The van der Waals surface area contributed by atoms with E-state index in [-0.39, 0.29) is 0 Å². The Labute approximate surface area is 231 Å². The molecule has 0 aliphatic carbocycles. The first-order valence-corrected chi connectivity index (χ1v) is 14.3. The lowest BCUT2D eigenvalue weighted by molar-refractivity contribution is 0.298. The lowest BCUT2D eigenvalue weighted by atomic mass is 9.89. The number of rotatable bonds is 17. The molecule has 0 aromatic heterocycles. The molecule has 1 heteroatoms. The van der Waals surface area contributed by atoms with Gasteiger partial charge in [0.15, 0.2) is 0 Å². The number of ether oxygens (including phenoxy) is 1. The van der Waals surface area contributed by atoms with Gasteiger partial charge in [-0.15, -0.1) is 0 Å². The summed E-state index contributed by atoms with van der Waals surface area (Å²) in [4.78, 5) is 0. The smallest absolute Gasteiger partial charge is 0.129 e. The Balaban J connectivity index is 0. The first kappa shape index (κ1) is 36.6. The predicted molar refractivity (Wildman–Crippen MR) is 171 cm³/mol. The molecular formula is C36H58O. The van der Waals surface area contributed by atoms with Crippen molar-refractivity contribution in [3.63, 3.8) is 0 Å². The van der Waals surface area contributed by atoms with Crippen LogP contribution in [0, 0.1) is 11.8 Å². The summed E-state index contributed by atoms with van der Waals surface area (Å²) in [7, 11) is 1.70. The fourth-order valence-electron chi connectivity index (χ4n) is 4.01. The van der Waals surface area contributed by atoms with E-state index in [9.17, 15) is 0 Å². The predicted octanol–water partition coefficient (Wildman–Crippen LogP) is 11.8. The van der Waals surface area contributed by atoms with Gasteiger partial charge in [-0.3, -0.25) is 0 Å². The molecule has 0 fully saturated rings. The number of allylic oxidation sites excluding steroid dienone is 14. The van der Waals surface area contributed by atoms with E-state index in [2.05, 4.69) is 97.7 Å². The fraction of sp³-hybridized carbons (Fsp3) is 0.500. The highest BCUT2D eigenvalue weighted by Gasteiger charge is 2.11. The Morgan fingerprint density at radius 2 is 1.57 bits per heavy atom. The molecule has 37 heavy (non-hydrogen) atoms. The zero-order valence-electron chi connectivity index (χ0n) is 25.8. The molecule has 1 unspecified atom stereocenters. The van der Waals surface area contributed by atoms with Gasteiger partial charge >= 0.3 is 0 Å². The van der Waals surface area contributed by atoms with Gasteiger partial charge < -0.3 is 4.74 Å². The summed E-state index contributed by atoms with van der Waals surface area (Å²) in [6, 6.07) is 0. The second-order valence-electron chi connectivity index (χ2n) is 9.53. The standard InChI is InChI=1S/C23H36O.C13H22/c1-9-15-21(19(11-3)12-4)17-16-20(13-5)22(14-6)23(24-8)18(7)10-2;1-5-7-8-9-10-13(4)11-12(3)6-2/h10,13-14,16-17,19H,5-6,9,11-12,15H2,1-4,7-8H3;7-10,12H,4-6,11H2,1-3H3/b18-10-,20-16+,21-17+,23-22-;8-7-,10-9-. The van der Waals surface area contributed by atoms with Crippen molar-refractivity contribution in [2.75, 3.05) is 7.11 Å². The van der Waals surface area contributed by atoms with Crippen molar-refractivity contribution in [2.45, 2.75) is 100 Å². The summed E-state index contributed by atoms with van der Waals surface area (Å²) < 4.78 is 5.61. The third-order valence-corrected chi connectivity index (χ3v) is 6.62. The highest BCUT2D eigenvalue weighted by molar-refractivity contribution is 5.52. The Bertz CT molecular complexity index is 834. The number of methoxy groups -OCH3 is 1. The highest BCUT2D eigenvalue weighted by atomic mass is 16.5. The number of hydrogen-bond acceptors (Lipinski definition) is 1. The Morgan fingerprint density at radius 1 is 0.919 bits per heavy atom. The molecule has 1 atom stereocenters. The largest absolute Gasteiger partial charge is 0.496 e. The third kappa shape index (κ3) is 16.0. The van der Waals surface area contributed by atoms with E-state index >= 15 is 0 Å². The van der Waals surface area contributed by atoms with E-state index < -0.39 is 0 Å². The van der Waals surface area contributed by atoms with Gasteiger partial charge in [-0.05, 0) is 68.9 Å². The van der Waals surface area contributed by atoms with Crippen molar-refractivity contribution in [3.05, 3.63) is 108 Å². The number of hydrogen-bond donors (Lipinski definition) is 0. The molecule has 0 aliphatic rings. The first-order valence-electron chi connectivity index (χ1n) is 14.3. The molecule has 0 amide bonds. The average molecular weight is 507 g/mol. The van der Waals surface area contributed by atoms with Gasteiger partial charge in [-0.25, -0.2) is 0 Å². The van der Waals surface area contributed by atoms with Crippen molar-refractivity contribution >= 4 is 0 Å². The Hall–Kier alpha value is -2.54. The second kappa shape index (κ2) is 23.8. The van der Waals surface area contributed by atoms with Crippen LogP contribution in [0.25, 0.3) is 0 Å². The van der Waals surface area contributed by atoms with Crippen LogP contribution in [-0.2, 0) is 4.74 Å². The van der Waals surface area contributed by atoms with E-state index in [0.717, 1.165) is 47.7 Å². The summed E-state index contributed by atoms with van der Waals surface area (Å²) in [5, 5.41) is 0. The molecule has 0 N–H and O–H groups in total. The average Bonchev–Trinajstić information content (AvgIpc) is 2.91. The molecule has 0 rings (SSSR count). The van der Waals surface area contributed by atoms with Gasteiger partial charge in [0.1, 0.15) is 5.76 Å². The summed E-state index contributed by atoms with van der Waals surface area (Å²) >= 11 is 0. The maximum Gasteiger partial charge on any atom is 0.129 e. The highest BCUT2D eigenvalue weighted by Crippen LogP contribution is 2.26. The SMILES string of the molecule is C=C(/C=C\C=C/CC)CC(C)CC.C=CC(=C(OC)\C(C)=C/C)/C(C=C)=C/C=C(\CCC)C(CC)CC. The summed E-state index contributed by atoms with van der Waals surface area (Å²) in [6.45, 7) is 29.4. The maximum atomic E-state index is 5.61. The molecule has 0 aromatic carbocycles. The van der Waals surface area contributed by atoms with Gasteiger partial charge in [-0.1, -0.05) is 140 Å². The molecule has 0 heterocycles. The molecular weight excluding hydrogens is 448 g/mol. The molecule has 0 bridgehead atoms. The molecule has 0 saturated carbocycles. The lowest BCUT2D eigenvalue weighted by Gasteiger charge is -2.17. The minimum absolute atomic E-state index is 0.655. The van der Waals surface area contributed by atoms with Crippen molar-refractivity contribution in [3.8, 4) is 0 Å². The summed E-state index contributed by atoms with van der Waals surface area (Å²) in [5.74, 6) is 2.27. The molecule has 0 aliphatic heterocycles. The first-order chi connectivity index (χ1) is 17.7. The van der Waals surface area contributed by atoms with Crippen LogP contribution in [-0.4, -0.2) is 7.11 Å². The zero-order valence-corrected chi connectivity index (χ0v) is 25.8. The third-order valence-electron chi connectivity index (χ3n) is 6.62. The molecule has 0 radical (unpaired) electrons. The normalized spacial score (nSPS) is 14.4. The van der Waals surface area contributed by atoms with E-state index in [4.69, 9.17) is 4.74 Å². The van der Waals surface area contributed by atoms with Crippen LogP contribution in [0.2, 0.25) is 0 Å². The van der Waals surface area contributed by atoms with E-state index in [1.54, 1.807) is 7.11 Å². The quantitative estimate of drug-likeness (QED) is 0.141. The van der Waals surface area contributed by atoms with Crippen LogP contribution in [0.3, 0.4) is 0 Å². The van der Waals surface area contributed by atoms with Crippen LogP contribution in [0.5, 0.6) is 0 Å². The molecule has 0 spiro atoms. The van der Waals surface area contributed by atoms with Crippen LogP contribution in [0.1, 0.15) is 100 Å². The van der Waals surface area contributed by atoms with Crippen molar-refractivity contribution in [1.29, 1.82) is 0 Å². The van der Waals surface area contributed by atoms with E-state index in [0.29, 0.717) is 5.92 Å². The van der Waals surface area contributed by atoms with Crippen LogP contribution < -0.4 is 0 Å². The van der Waals surface area contributed by atoms with Gasteiger partial charge in [0.2, 0.25) is 0 Å². The topological polar surface area (TPSA) is 9.23 Å². The van der Waals surface area contributed by atoms with Crippen LogP contribution in [0.15, 0.2) is 108 Å². The van der Waals surface area contributed by atoms with Crippen molar-refractivity contribution < 1.29 is 4.74 Å². The maximum absolute atomic E-state index is 5.61. The fourth-order valence-corrected chi connectivity index (χ4v) is 4.01. The lowest BCUT2D eigenvalue weighted by Crippen LogP contribution is -2.02. The monoisotopic (exact) mass is 506 g/mol. The molecule has 0 saturated heterocycles. The van der Waals surface area contributed by atoms with Crippen LogP contribution in [0.4, 0.5) is 0 Å². The molecule has 208 valence electrons. The van der Waals surface area contributed by atoms with Gasteiger partial charge in [0.05, 0.1) is 7.11 Å². The van der Waals surface area contributed by atoms with Gasteiger partial charge in [0, 0.05) is 5.57 Å². The van der Waals surface area contributed by atoms with E-state index in [1.165, 1.54) is 36.8 Å². The van der Waals surface area contributed by atoms with Gasteiger partial charge in [0.25, 0.3) is 0 Å². The van der Waals surface area contributed by atoms with Crippen molar-refractivity contribution in [2.24, 2.45) is 11.8 Å². The molecule has 0 aromatic rings. The summed E-state index contributed by atoms with van der Waals surface area (Å²) in [5.41, 5.74) is 5.88. The second-order valence-corrected chi connectivity index (χ2v) is 9.53. The minimum Gasteiger partial charge on any atom is -0.496 e. The van der Waals surface area contributed by atoms with Gasteiger partial charge in [-0.2, -0.15) is 0 Å². The Kier molecular flexibility index (Phi) is 23.6. The summed E-state index contributed by atoms with van der Waals surface area (Å²) in [6.07, 6.45) is 26.8. The Morgan fingerprint density at radius 3 is 2.00 bits per heavy atom. The van der Waals surface area contributed by atoms with E-state index in [1.807, 2.05) is 32.1 Å². The van der Waals surface area contributed by atoms with Crippen molar-refractivity contribution in [1.82, 2.24) is 0 Å². The minimum atomic E-state index is 0.655. The van der Waals surface area contributed by atoms with Crippen LogP contribution >= 0.6 is 0 Å². The zero-order chi connectivity index (χ0) is 28.6.